The molecule has 0 unspecified atom stereocenters. The second-order valence-electron chi connectivity index (χ2n) is 6.33. The predicted molar refractivity (Wildman–Crippen MR) is 106 cm³/mol. The Balaban J connectivity index is 1.76. The van der Waals surface area contributed by atoms with Gasteiger partial charge in [0.1, 0.15) is 5.82 Å². The summed E-state index contributed by atoms with van der Waals surface area (Å²) in [6, 6.07) is 4.78. The molecule has 148 valence electrons. The second kappa shape index (κ2) is 11.2. The van der Waals surface area contributed by atoms with Gasteiger partial charge in [-0.15, -0.1) is 0 Å². The number of hydrogen-bond acceptors (Lipinski definition) is 3. The molecule has 0 radical (unpaired) electrons. The third-order valence-corrected chi connectivity index (χ3v) is 4.30. The molecule has 0 atom stereocenters. The summed E-state index contributed by atoms with van der Waals surface area (Å²) in [5, 5.41) is 7.46. The van der Waals surface area contributed by atoms with E-state index in [9.17, 15) is 9.18 Å². The first-order chi connectivity index (χ1) is 13.1. The summed E-state index contributed by atoms with van der Waals surface area (Å²) >= 11 is 0. The maximum absolute atomic E-state index is 13.5. The summed E-state index contributed by atoms with van der Waals surface area (Å²) in [5.41, 5.74) is 2.02. The Kier molecular flexibility index (Phi) is 8.61. The molecule has 2 rings (SSSR count). The summed E-state index contributed by atoms with van der Waals surface area (Å²) in [4.78, 5) is 18.8. The van der Waals surface area contributed by atoms with Crippen LogP contribution in [0.5, 0.6) is 0 Å². The zero-order valence-electron chi connectivity index (χ0n) is 16.1. The molecule has 27 heavy (non-hydrogen) atoms. The van der Waals surface area contributed by atoms with E-state index in [1.54, 1.807) is 12.1 Å². The van der Waals surface area contributed by atoms with Crippen molar-refractivity contribution in [3.8, 4) is 0 Å². The van der Waals surface area contributed by atoms with E-state index in [1.807, 2.05) is 13.1 Å². The Labute approximate surface area is 159 Å². The van der Waals surface area contributed by atoms with Gasteiger partial charge in [-0.2, -0.15) is 0 Å². The number of unbranched alkanes of at least 4 members (excludes halogenated alkanes) is 2. The Bertz CT molecular complexity index is 758. The van der Waals surface area contributed by atoms with Crippen LogP contribution in [-0.2, 0) is 16.0 Å². The number of nitrogens with zero attached hydrogens (tertiary/aromatic N) is 1. The van der Waals surface area contributed by atoms with E-state index in [-0.39, 0.29) is 11.8 Å². The van der Waals surface area contributed by atoms with Gasteiger partial charge < -0.3 is 20.4 Å². The Morgan fingerprint density at radius 1 is 1.26 bits per heavy atom. The molecule has 0 aliphatic carbocycles. The highest BCUT2D eigenvalue weighted by molar-refractivity contribution is 5.83. The van der Waals surface area contributed by atoms with E-state index in [0.29, 0.717) is 19.5 Å². The van der Waals surface area contributed by atoms with Gasteiger partial charge in [0, 0.05) is 43.2 Å². The number of hydrogen-bond donors (Lipinski definition) is 3. The molecule has 0 fully saturated rings. The van der Waals surface area contributed by atoms with E-state index in [2.05, 4.69) is 25.3 Å². The highest BCUT2D eigenvalue weighted by Crippen LogP contribution is 2.19. The fourth-order valence-electron chi connectivity index (χ4n) is 2.87. The van der Waals surface area contributed by atoms with Gasteiger partial charge >= 0.3 is 5.97 Å². The van der Waals surface area contributed by atoms with Crippen molar-refractivity contribution in [2.75, 3.05) is 26.7 Å². The first-order valence-electron chi connectivity index (χ1n) is 9.48. The number of halogens is 1. The van der Waals surface area contributed by atoms with Gasteiger partial charge in [0.15, 0.2) is 5.96 Å². The molecule has 2 aromatic rings. The van der Waals surface area contributed by atoms with Crippen LogP contribution < -0.4 is 10.6 Å². The van der Waals surface area contributed by atoms with Gasteiger partial charge in [-0.05, 0) is 49.9 Å². The van der Waals surface area contributed by atoms with Gasteiger partial charge in [-0.25, -0.2) is 4.39 Å². The van der Waals surface area contributed by atoms with Gasteiger partial charge in [0.25, 0.3) is 0 Å². The van der Waals surface area contributed by atoms with Crippen LogP contribution in [0.25, 0.3) is 10.9 Å². The van der Waals surface area contributed by atoms with Gasteiger partial charge in [-0.3, -0.25) is 9.79 Å². The van der Waals surface area contributed by atoms with Crippen LogP contribution in [0.2, 0.25) is 0 Å². The van der Waals surface area contributed by atoms with Crippen molar-refractivity contribution in [3.05, 3.63) is 35.8 Å². The number of carbonyl (C=O) groups is 1. The minimum atomic E-state index is -0.224. The minimum Gasteiger partial charge on any atom is -0.469 e. The molecule has 3 N–H and O–H groups in total. The number of guanidine groups is 1. The standard InChI is InChI=1S/C20H29FN4O2/c1-3-22-20(23-11-6-4-5-7-19(26)27-2)24-12-10-15-14-25-18-9-8-16(21)13-17(15)18/h8-9,13-14,25H,3-7,10-12H2,1-2H3,(H2,22,23,24). The summed E-state index contributed by atoms with van der Waals surface area (Å²) < 4.78 is 18.1. The van der Waals surface area contributed by atoms with Crippen molar-refractivity contribution in [1.82, 2.24) is 15.6 Å². The van der Waals surface area contributed by atoms with Gasteiger partial charge in [-0.1, -0.05) is 6.42 Å². The molecule has 1 aromatic heterocycles. The van der Waals surface area contributed by atoms with E-state index in [0.717, 1.165) is 54.7 Å². The zero-order chi connectivity index (χ0) is 19.5. The molecule has 7 heteroatoms. The number of benzene rings is 1. The third kappa shape index (κ3) is 6.92. The number of aromatic amines is 1. The highest BCUT2D eigenvalue weighted by Gasteiger charge is 2.05. The summed E-state index contributed by atoms with van der Waals surface area (Å²) in [6.07, 6.45) is 5.85. The van der Waals surface area contributed by atoms with Crippen LogP contribution in [0.1, 0.15) is 38.2 Å². The van der Waals surface area contributed by atoms with Crippen molar-refractivity contribution in [2.24, 2.45) is 4.99 Å². The minimum absolute atomic E-state index is 0.161. The summed E-state index contributed by atoms with van der Waals surface area (Å²) in [5.74, 6) is 0.389. The second-order valence-corrected chi connectivity index (χ2v) is 6.33. The normalized spacial score (nSPS) is 11.6. The Hall–Kier alpha value is -2.57. The lowest BCUT2D eigenvalue weighted by Crippen LogP contribution is -2.38. The molecule has 0 spiro atoms. The molecule has 0 saturated carbocycles. The summed E-state index contributed by atoms with van der Waals surface area (Å²) in [7, 11) is 1.41. The van der Waals surface area contributed by atoms with Crippen LogP contribution in [-0.4, -0.2) is 43.7 Å². The lowest BCUT2D eigenvalue weighted by atomic mass is 10.1. The molecule has 0 aliphatic heterocycles. The van der Waals surface area contributed by atoms with Gasteiger partial charge in [0.05, 0.1) is 7.11 Å². The van der Waals surface area contributed by atoms with Crippen molar-refractivity contribution in [3.63, 3.8) is 0 Å². The SMILES string of the molecule is CCNC(=NCCCCCC(=O)OC)NCCc1c[nH]c2ccc(F)cc12. The lowest BCUT2D eigenvalue weighted by Gasteiger charge is -2.11. The number of rotatable bonds is 10. The molecule has 1 heterocycles. The number of fused-ring (bicyclic) bond motifs is 1. The van der Waals surface area contributed by atoms with Crippen LogP contribution in [0.15, 0.2) is 29.4 Å². The smallest absolute Gasteiger partial charge is 0.305 e. The number of aromatic nitrogens is 1. The number of methoxy groups -OCH3 is 1. The average molecular weight is 376 g/mol. The molecule has 0 aliphatic rings. The van der Waals surface area contributed by atoms with E-state index < -0.39 is 0 Å². The first-order valence-corrected chi connectivity index (χ1v) is 9.48. The van der Waals surface area contributed by atoms with Crippen LogP contribution in [0.4, 0.5) is 4.39 Å². The molecule has 0 bridgehead atoms. The average Bonchev–Trinajstić information content (AvgIpc) is 3.06. The van der Waals surface area contributed by atoms with Crippen LogP contribution in [0.3, 0.4) is 0 Å². The van der Waals surface area contributed by atoms with Crippen LogP contribution in [0, 0.1) is 5.82 Å². The fourth-order valence-corrected chi connectivity index (χ4v) is 2.87. The number of esters is 1. The Morgan fingerprint density at radius 2 is 2.11 bits per heavy atom. The lowest BCUT2D eigenvalue weighted by molar-refractivity contribution is -0.140. The third-order valence-electron chi connectivity index (χ3n) is 4.30. The summed E-state index contributed by atoms with van der Waals surface area (Å²) in [6.45, 7) is 4.22. The molecular formula is C20H29FN4O2. The topological polar surface area (TPSA) is 78.5 Å². The number of aliphatic imine (C=N–C) groups is 1. The van der Waals surface area contributed by atoms with E-state index in [1.165, 1.54) is 13.2 Å². The monoisotopic (exact) mass is 376 g/mol. The Morgan fingerprint density at radius 3 is 2.89 bits per heavy atom. The fraction of sp³-hybridized carbons (Fsp3) is 0.500. The molecule has 0 amide bonds. The molecule has 1 aromatic carbocycles. The zero-order valence-corrected chi connectivity index (χ0v) is 16.1. The number of H-pyrrole nitrogens is 1. The number of carbonyl (C=O) groups excluding carboxylic acids is 1. The molecule has 0 saturated heterocycles. The van der Waals surface area contributed by atoms with Crippen LogP contribution >= 0.6 is 0 Å². The number of nitrogens with one attached hydrogen (secondary N) is 3. The largest absolute Gasteiger partial charge is 0.469 e. The maximum Gasteiger partial charge on any atom is 0.305 e. The molecular weight excluding hydrogens is 347 g/mol. The van der Waals surface area contributed by atoms with Crippen molar-refractivity contribution in [2.45, 2.75) is 39.0 Å². The van der Waals surface area contributed by atoms with Crippen molar-refractivity contribution >= 4 is 22.8 Å². The van der Waals surface area contributed by atoms with Gasteiger partial charge in [0.2, 0.25) is 0 Å². The quantitative estimate of drug-likeness (QED) is 0.258. The van der Waals surface area contributed by atoms with E-state index in [4.69, 9.17) is 0 Å². The molecule has 6 nitrogen and oxygen atoms in total. The maximum atomic E-state index is 13.5. The van der Waals surface area contributed by atoms with Crippen molar-refractivity contribution < 1.29 is 13.9 Å². The first kappa shape index (κ1) is 20.7. The predicted octanol–water partition coefficient (Wildman–Crippen LogP) is 3.14. The van der Waals surface area contributed by atoms with E-state index >= 15 is 0 Å². The van der Waals surface area contributed by atoms with Crippen molar-refractivity contribution in [1.29, 1.82) is 0 Å². The number of ether oxygens (including phenoxy) is 1. The highest BCUT2D eigenvalue weighted by atomic mass is 19.1.